The summed E-state index contributed by atoms with van der Waals surface area (Å²) in [7, 11) is 0. The monoisotopic (exact) mass is 335 g/mol. The van der Waals surface area contributed by atoms with Crippen molar-refractivity contribution in [2.45, 2.75) is 71.8 Å². The molecule has 2 rings (SSSR count). The van der Waals surface area contributed by atoms with E-state index < -0.39 is 0 Å². The maximum Gasteiger partial charge on any atom is 0.0685 e. The Balaban J connectivity index is 2.26. The van der Waals surface area contributed by atoms with E-state index in [0.29, 0.717) is 12.3 Å². The summed E-state index contributed by atoms with van der Waals surface area (Å²) >= 11 is 0. The highest BCUT2D eigenvalue weighted by Gasteiger charge is 2.29. The number of rotatable bonds is 8. The van der Waals surface area contributed by atoms with Crippen molar-refractivity contribution in [3.05, 3.63) is 34.4 Å². The minimum absolute atomic E-state index is 0.0393. The third kappa shape index (κ3) is 4.79. The van der Waals surface area contributed by atoms with Crippen LogP contribution in [-0.2, 0) is 19.6 Å². The number of aliphatic hydroxyl groups excluding tert-OH is 3. The van der Waals surface area contributed by atoms with Crippen molar-refractivity contribution in [3.63, 3.8) is 0 Å². The highest BCUT2D eigenvalue weighted by atomic mass is 16.3. The van der Waals surface area contributed by atoms with Gasteiger partial charge in [0, 0.05) is 12.6 Å². The topological polar surface area (TPSA) is 63.9 Å². The molecule has 4 nitrogen and oxygen atoms in total. The molecule has 0 aromatic heterocycles. The van der Waals surface area contributed by atoms with Gasteiger partial charge >= 0.3 is 0 Å². The lowest BCUT2D eigenvalue weighted by Gasteiger charge is -2.39. The van der Waals surface area contributed by atoms with Crippen molar-refractivity contribution in [1.29, 1.82) is 0 Å². The van der Waals surface area contributed by atoms with Crippen molar-refractivity contribution in [2.75, 3.05) is 13.1 Å². The van der Waals surface area contributed by atoms with Gasteiger partial charge in [-0.1, -0.05) is 26.0 Å². The Bertz CT molecular complexity index is 528. The Hall–Kier alpha value is -0.940. The molecule has 1 aromatic rings. The largest absolute Gasteiger partial charge is 0.393 e. The molecular formula is C20H33NO3. The fraction of sp³-hybridized carbons (Fsp3) is 0.700. The molecule has 1 heterocycles. The van der Waals surface area contributed by atoms with E-state index in [9.17, 15) is 15.3 Å². The normalized spacial score (nSPS) is 19.5. The predicted octanol–water partition coefficient (Wildman–Crippen LogP) is 2.78. The minimum atomic E-state index is -0.358. The van der Waals surface area contributed by atoms with Crippen molar-refractivity contribution >= 4 is 0 Å². The zero-order valence-electron chi connectivity index (χ0n) is 15.3. The van der Waals surface area contributed by atoms with E-state index in [4.69, 9.17) is 0 Å². The molecule has 24 heavy (non-hydrogen) atoms. The Morgan fingerprint density at radius 3 is 2.38 bits per heavy atom. The molecule has 0 bridgehead atoms. The van der Waals surface area contributed by atoms with Gasteiger partial charge in [-0.25, -0.2) is 0 Å². The van der Waals surface area contributed by atoms with Crippen LogP contribution >= 0.6 is 0 Å². The van der Waals surface area contributed by atoms with Gasteiger partial charge in [0.1, 0.15) is 0 Å². The number of hydrogen-bond acceptors (Lipinski definition) is 4. The molecule has 136 valence electrons. The van der Waals surface area contributed by atoms with Crippen LogP contribution in [0.25, 0.3) is 0 Å². The molecule has 1 aliphatic heterocycles. The number of fused-ring (bicyclic) bond motifs is 1. The zero-order valence-corrected chi connectivity index (χ0v) is 15.3. The van der Waals surface area contributed by atoms with Gasteiger partial charge in [-0.2, -0.15) is 0 Å². The first-order valence-corrected chi connectivity index (χ1v) is 9.24. The van der Waals surface area contributed by atoms with Crippen LogP contribution in [0.15, 0.2) is 12.1 Å². The maximum atomic E-state index is 9.97. The van der Waals surface area contributed by atoms with Gasteiger partial charge in [0.25, 0.3) is 0 Å². The van der Waals surface area contributed by atoms with Crippen LogP contribution in [0, 0.1) is 5.92 Å². The lowest BCUT2D eigenvalue weighted by Crippen LogP contribution is -2.38. The molecule has 1 aliphatic rings. The molecular weight excluding hydrogens is 302 g/mol. The van der Waals surface area contributed by atoms with E-state index in [1.54, 1.807) is 0 Å². The summed E-state index contributed by atoms with van der Waals surface area (Å²) in [5, 5.41) is 29.1. The first-order chi connectivity index (χ1) is 11.5. The van der Waals surface area contributed by atoms with Crippen LogP contribution in [0.3, 0.4) is 0 Å². The van der Waals surface area contributed by atoms with Crippen molar-refractivity contribution in [2.24, 2.45) is 5.92 Å². The van der Waals surface area contributed by atoms with Gasteiger partial charge in [-0.05, 0) is 67.3 Å². The second-order valence-electron chi connectivity index (χ2n) is 7.56. The highest BCUT2D eigenvalue weighted by Crippen LogP contribution is 2.35. The average molecular weight is 335 g/mol. The van der Waals surface area contributed by atoms with E-state index >= 15 is 0 Å². The Morgan fingerprint density at radius 1 is 1.12 bits per heavy atom. The number of benzene rings is 1. The summed E-state index contributed by atoms with van der Waals surface area (Å²) in [6.07, 6.45) is 3.70. The van der Waals surface area contributed by atoms with Crippen molar-refractivity contribution in [1.82, 2.24) is 4.90 Å². The summed E-state index contributed by atoms with van der Waals surface area (Å²) < 4.78 is 0. The van der Waals surface area contributed by atoms with E-state index in [1.165, 1.54) is 24.0 Å². The SMILES string of the molecule is CC(C)CCCN1CCc2cc(CO)c(CO)cc2[C@H]1C[C@H](C)O. The van der Waals surface area contributed by atoms with Crippen LogP contribution in [0.5, 0.6) is 0 Å². The standard InChI is InChI=1S/C20H33NO3/c1-14(2)5-4-7-21-8-6-16-10-17(12-22)18(13-23)11-19(16)20(21)9-15(3)24/h10-11,14-15,20,22-24H,4-9,12-13H2,1-3H3/t15-,20+/m0/s1. The lowest BCUT2D eigenvalue weighted by molar-refractivity contribution is 0.103. The molecule has 4 heteroatoms. The highest BCUT2D eigenvalue weighted by molar-refractivity contribution is 5.41. The van der Waals surface area contributed by atoms with E-state index in [2.05, 4.69) is 18.7 Å². The molecule has 0 spiro atoms. The first-order valence-electron chi connectivity index (χ1n) is 9.24. The zero-order chi connectivity index (χ0) is 17.7. The van der Waals surface area contributed by atoms with Crippen molar-refractivity contribution < 1.29 is 15.3 Å². The molecule has 0 saturated heterocycles. The van der Waals surface area contributed by atoms with Crippen LogP contribution in [0.1, 0.15) is 68.3 Å². The quantitative estimate of drug-likeness (QED) is 0.683. The molecule has 0 fully saturated rings. The van der Waals surface area contributed by atoms with Gasteiger partial charge in [-0.15, -0.1) is 0 Å². The van der Waals surface area contributed by atoms with Gasteiger partial charge in [-0.3, -0.25) is 4.90 Å². The fourth-order valence-corrected chi connectivity index (χ4v) is 3.77. The summed E-state index contributed by atoms with van der Waals surface area (Å²) in [5.74, 6) is 0.713. The van der Waals surface area contributed by atoms with Crippen LogP contribution in [0.2, 0.25) is 0 Å². The van der Waals surface area contributed by atoms with Gasteiger partial charge < -0.3 is 15.3 Å². The summed E-state index contributed by atoms with van der Waals surface area (Å²) in [5.41, 5.74) is 4.09. The van der Waals surface area contributed by atoms with Gasteiger partial charge in [0.2, 0.25) is 0 Å². The molecule has 0 unspecified atom stereocenters. The predicted molar refractivity (Wildman–Crippen MR) is 96.7 cm³/mol. The van der Waals surface area contributed by atoms with Crippen LogP contribution in [0.4, 0.5) is 0 Å². The third-order valence-electron chi connectivity index (χ3n) is 5.06. The van der Waals surface area contributed by atoms with Gasteiger partial charge in [0.15, 0.2) is 0 Å². The molecule has 0 radical (unpaired) electrons. The van der Waals surface area contributed by atoms with E-state index in [1.807, 2.05) is 19.1 Å². The number of aliphatic hydroxyl groups is 3. The molecule has 3 N–H and O–H groups in total. The van der Waals surface area contributed by atoms with E-state index in [-0.39, 0.29) is 25.4 Å². The van der Waals surface area contributed by atoms with Crippen molar-refractivity contribution in [3.8, 4) is 0 Å². The Labute approximate surface area is 146 Å². The van der Waals surface area contributed by atoms with Crippen LogP contribution in [-0.4, -0.2) is 39.4 Å². The molecule has 1 aromatic carbocycles. The number of hydrogen-bond donors (Lipinski definition) is 3. The Morgan fingerprint density at radius 2 is 1.79 bits per heavy atom. The average Bonchev–Trinajstić information content (AvgIpc) is 2.54. The molecule has 0 saturated carbocycles. The van der Waals surface area contributed by atoms with Gasteiger partial charge in [0.05, 0.1) is 19.3 Å². The lowest BCUT2D eigenvalue weighted by atomic mass is 9.86. The second-order valence-corrected chi connectivity index (χ2v) is 7.56. The smallest absolute Gasteiger partial charge is 0.0685 e. The molecule has 0 aliphatic carbocycles. The third-order valence-corrected chi connectivity index (χ3v) is 5.06. The Kier molecular flexibility index (Phi) is 7.23. The molecule has 2 atom stereocenters. The summed E-state index contributed by atoms with van der Waals surface area (Å²) in [6, 6.07) is 4.28. The first kappa shape index (κ1) is 19.4. The minimum Gasteiger partial charge on any atom is -0.393 e. The molecule has 0 amide bonds. The fourth-order valence-electron chi connectivity index (χ4n) is 3.77. The van der Waals surface area contributed by atoms with Crippen LogP contribution < -0.4 is 0 Å². The van der Waals surface area contributed by atoms with E-state index in [0.717, 1.165) is 30.6 Å². The summed E-state index contributed by atoms with van der Waals surface area (Å²) in [4.78, 5) is 2.48. The second kappa shape index (κ2) is 8.95. The number of nitrogens with zero attached hydrogens (tertiary/aromatic N) is 1. The maximum absolute atomic E-state index is 9.97. The summed E-state index contributed by atoms with van der Waals surface area (Å²) in [6.45, 7) is 8.29.